The number of benzene rings is 8. The first kappa shape index (κ1) is 31.9. The van der Waals surface area contributed by atoms with E-state index in [1.165, 1.54) is 82.8 Å². The van der Waals surface area contributed by atoms with E-state index in [9.17, 15) is 0 Å². The summed E-state index contributed by atoms with van der Waals surface area (Å²) in [6, 6.07) is 66.3. The summed E-state index contributed by atoms with van der Waals surface area (Å²) in [4.78, 5) is 2.42. The number of anilines is 3. The van der Waals surface area contributed by atoms with Gasteiger partial charge in [0.25, 0.3) is 0 Å². The van der Waals surface area contributed by atoms with Gasteiger partial charge in [-0.2, -0.15) is 0 Å². The molecule has 0 atom stereocenters. The van der Waals surface area contributed by atoms with Crippen molar-refractivity contribution in [2.75, 3.05) is 4.90 Å². The van der Waals surface area contributed by atoms with Crippen molar-refractivity contribution in [2.24, 2.45) is 0 Å². The first-order valence-electron chi connectivity index (χ1n) is 18.7. The average molecular weight is 694 g/mol. The molecule has 0 bridgehead atoms. The number of hydrogen-bond donors (Lipinski definition) is 0. The lowest BCUT2D eigenvalue weighted by molar-refractivity contribution is 1.17. The lowest BCUT2D eigenvalue weighted by atomic mass is 10.0. The maximum atomic E-state index is 2.42. The number of fused-ring (bicyclic) bond motifs is 6. The Balaban J connectivity index is 1.07. The highest BCUT2D eigenvalue weighted by Gasteiger charge is 2.19. The van der Waals surface area contributed by atoms with Crippen LogP contribution in [-0.2, 0) is 0 Å². The molecular weight excluding hydrogens is 655 g/mol. The summed E-state index contributed by atoms with van der Waals surface area (Å²) >= 11 is 0. The van der Waals surface area contributed by atoms with Gasteiger partial charge in [-0.3, -0.25) is 0 Å². The van der Waals surface area contributed by atoms with E-state index in [1.54, 1.807) is 0 Å². The van der Waals surface area contributed by atoms with Crippen LogP contribution in [0.15, 0.2) is 182 Å². The second-order valence-electron chi connectivity index (χ2n) is 14.4. The Morgan fingerprint density at radius 1 is 0.352 bits per heavy atom. The van der Waals surface area contributed by atoms with Gasteiger partial charge in [0.2, 0.25) is 0 Å². The number of nitrogens with zero attached hydrogens (tertiary/aromatic N) is 3. The highest BCUT2D eigenvalue weighted by atomic mass is 15.1. The Bertz CT molecular complexity index is 2920. The molecule has 3 heteroatoms. The van der Waals surface area contributed by atoms with Crippen molar-refractivity contribution in [3.8, 4) is 22.5 Å². The molecule has 0 spiro atoms. The molecule has 0 amide bonds. The largest absolute Gasteiger partial charge is 0.310 e. The Morgan fingerprint density at radius 2 is 0.778 bits per heavy atom. The number of para-hydroxylation sites is 4. The summed E-state index contributed by atoms with van der Waals surface area (Å²) in [6.07, 6.45) is 0. The maximum absolute atomic E-state index is 2.42. The molecule has 0 saturated heterocycles. The molecule has 0 saturated carbocycles. The van der Waals surface area contributed by atoms with Gasteiger partial charge in [-0.25, -0.2) is 0 Å². The van der Waals surface area contributed by atoms with Crippen LogP contribution >= 0.6 is 0 Å². The van der Waals surface area contributed by atoms with Crippen molar-refractivity contribution >= 4 is 60.7 Å². The Morgan fingerprint density at radius 3 is 1.33 bits per heavy atom. The van der Waals surface area contributed by atoms with Crippen molar-refractivity contribution in [3.05, 3.63) is 199 Å². The Kier molecular flexibility index (Phi) is 7.48. The third-order valence-electron chi connectivity index (χ3n) is 11.0. The molecule has 0 N–H and O–H groups in total. The number of aromatic nitrogens is 2. The van der Waals surface area contributed by atoms with Gasteiger partial charge in [-0.1, -0.05) is 109 Å². The lowest BCUT2D eigenvalue weighted by Gasteiger charge is -2.29. The summed E-state index contributed by atoms with van der Waals surface area (Å²) in [5.74, 6) is 0. The van der Waals surface area contributed by atoms with E-state index < -0.39 is 0 Å². The van der Waals surface area contributed by atoms with E-state index in [2.05, 4.69) is 217 Å². The Labute approximate surface area is 315 Å². The smallest absolute Gasteiger partial charge is 0.0541 e. The van der Waals surface area contributed by atoms with Crippen molar-refractivity contribution in [1.29, 1.82) is 0 Å². The minimum atomic E-state index is 1.12. The molecular formula is C51H39N3. The van der Waals surface area contributed by atoms with E-state index in [4.69, 9.17) is 0 Å². The fourth-order valence-corrected chi connectivity index (χ4v) is 8.69. The summed E-state index contributed by atoms with van der Waals surface area (Å²) < 4.78 is 4.75. The van der Waals surface area contributed by atoms with Crippen LogP contribution in [0.25, 0.3) is 66.1 Å². The first-order valence-corrected chi connectivity index (χ1v) is 18.7. The second-order valence-corrected chi connectivity index (χ2v) is 14.4. The fourth-order valence-electron chi connectivity index (χ4n) is 8.69. The SMILES string of the molecule is Cc1cc(C)c(N(c2ccc(-c3ccc4c(c3)c3ccccc3n4-c3ccccc3)cc2)c2ccc(-n3c4ccccc4c4ccccc43)cc2)c(C)c1. The molecule has 2 aromatic heterocycles. The predicted molar refractivity (Wildman–Crippen MR) is 229 cm³/mol. The normalized spacial score (nSPS) is 11.6. The number of rotatable bonds is 6. The van der Waals surface area contributed by atoms with Crippen LogP contribution in [0.3, 0.4) is 0 Å². The van der Waals surface area contributed by atoms with Crippen LogP contribution in [0.2, 0.25) is 0 Å². The van der Waals surface area contributed by atoms with E-state index in [0.29, 0.717) is 0 Å². The lowest BCUT2D eigenvalue weighted by Crippen LogP contribution is -2.13. The molecule has 10 rings (SSSR count). The van der Waals surface area contributed by atoms with Crippen molar-refractivity contribution in [3.63, 3.8) is 0 Å². The molecule has 3 nitrogen and oxygen atoms in total. The van der Waals surface area contributed by atoms with Gasteiger partial charge in [0.15, 0.2) is 0 Å². The molecule has 10 aromatic rings. The second kappa shape index (κ2) is 12.7. The monoisotopic (exact) mass is 693 g/mol. The van der Waals surface area contributed by atoms with Gasteiger partial charge in [-0.15, -0.1) is 0 Å². The molecule has 0 unspecified atom stereocenters. The van der Waals surface area contributed by atoms with E-state index in [0.717, 1.165) is 17.1 Å². The summed E-state index contributed by atoms with van der Waals surface area (Å²) in [7, 11) is 0. The van der Waals surface area contributed by atoms with Gasteiger partial charge >= 0.3 is 0 Å². The topological polar surface area (TPSA) is 13.1 Å². The number of hydrogen-bond acceptors (Lipinski definition) is 1. The van der Waals surface area contributed by atoms with E-state index >= 15 is 0 Å². The van der Waals surface area contributed by atoms with Gasteiger partial charge in [0, 0.05) is 44.3 Å². The minimum absolute atomic E-state index is 1.12. The molecule has 258 valence electrons. The van der Waals surface area contributed by atoms with Crippen LogP contribution in [0, 0.1) is 20.8 Å². The van der Waals surface area contributed by atoms with E-state index in [-0.39, 0.29) is 0 Å². The first-order chi connectivity index (χ1) is 26.5. The van der Waals surface area contributed by atoms with Crippen LogP contribution in [0.1, 0.15) is 16.7 Å². The third kappa shape index (κ3) is 5.12. The fraction of sp³-hybridized carbons (Fsp3) is 0.0588. The quantitative estimate of drug-likeness (QED) is 0.169. The van der Waals surface area contributed by atoms with Crippen LogP contribution in [0.5, 0.6) is 0 Å². The van der Waals surface area contributed by atoms with Crippen LogP contribution in [-0.4, -0.2) is 9.13 Å². The van der Waals surface area contributed by atoms with Gasteiger partial charge in [-0.05, 0) is 122 Å². The summed E-state index contributed by atoms with van der Waals surface area (Å²) in [5, 5.41) is 5.05. The van der Waals surface area contributed by atoms with Crippen molar-refractivity contribution in [2.45, 2.75) is 20.8 Å². The standard InChI is InChI=1S/C51H39N3/c1-34-31-35(2)51(36(3)32-34)52(41-26-28-42(29-27-41)54-47-18-10-7-15-43(47)44-16-8-11-19-48(44)54)40-24-21-37(22-25-40)38-23-30-50-46(33-38)45-17-9-12-20-49(45)53(50)39-13-5-4-6-14-39/h4-33H,1-3H3. The molecule has 0 aliphatic rings. The molecule has 0 aliphatic carbocycles. The van der Waals surface area contributed by atoms with Crippen LogP contribution < -0.4 is 4.90 Å². The summed E-state index contributed by atoms with van der Waals surface area (Å²) in [5.41, 5.74) is 16.8. The molecule has 0 aliphatic heterocycles. The molecule has 0 fully saturated rings. The van der Waals surface area contributed by atoms with E-state index in [1.807, 2.05) is 0 Å². The highest BCUT2D eigenvalue weighted by Crippen LogP contribution is 2.42. The van der Waals surface area contributed by atoms with Gasteiger partial charge in [0.05, 0.1) is 27.8 Å². The molecule has 2 heterocycles. The molecule has 8 aromatic carbocycles. The zero-order valence-corrected chi connectivity index (χ0v) is 30.7. The van der Waals surface area contributed by atoms with Crippen LogP contribution in [0.4, 0.5) is 17.1 Å². The van der Waals surface area contributed by atoms with Crippen molar-refractivity contribution in [1.82, 2.24) is 9.13 Å². The average Bonchev–Trinajstić information content (AvgIpc) is 3.72. The zero-order chi connectivity index (χ0) is 36.3. The highest BCUT2D eigenvalue weighted by molar-refractivity contribution is 6.11. The molecule has 0 radical (unpaired) electrons. The third-order valence-corrected chi connectivity index (χ3v) is 11.0. The molecule has 54 heavy (non-hydrogen) atoms. The maximum Gasteiger partial charge on any atom is 0.0541 e. The minimum Gasteiger partial charge on any atom is -0.310 e. The van der Waals surface area contributed by atoms with Gasteiger partial charge in [0.1, 0.15) is 0 Å². The predicted octanol–water partition coefficient (Wildman–Crippen LogP) is 13.9. The number of aryl methyl sites for hydroxylation is 3. The summed E-state index contributed by atoms with van der Waals surface area (Å²) in [6.45, 7) is 6.63. The van der Waals surface area contributed by atoms with Gasteiger partial charge < -0.3 is 14.0 Å². The Hall–Kier alpha value is -6.84. The van der Waals surface area contributed by atoms with Crippen molar-refractivity contribution < 1.29 is 0 Å². The zero-order valence-electron chi connectivity index (χ0n) is 30.7.